The minimum atomic E-state index is 0.907. The molecule has 218 valence electrons. The molecule has 0 fully saturated rings. The van der Waals surface area contributed by atoms with E-state index >= 15 is 0 Å². The first-order valence-electron chi connectivity index (χ1n) is 16.2. The van der Waals surface area contributed by atoms with Crippen LogP contribution in [0, 0.1) is 0 Å². The van der Waals surface area contributed by atoms with Crippen molar-refractivity contribution in [1.29, 1.82) is 0 Å². The van der Waals surface area contributed by atoms with Crippen LogP contribution in [0.4, 0.5) is 0 Å². The Hall–Kier alpha value is -6.18. The van der Waals surface area contributed by atoms with Gasteiger partial charge in [0.05, 0.1) is 0 Å². The topological polar surface area (TPSA) is 13.1 Å². The summed E-state index contributed by atoms with van der Waals surface area (Å²) in [5.74, 6) is 0. The number of benzene rings is 9. The second-order valence-electron chi connectivity index (χ2n) is 12.4. The third-order valence-corrected chi connectivity index (χ3v) is 9.82. The molecule has 0 aliphatic carbocycles. The molecule has 0 saturated heterocycles. The lowest BCUT2D eigenvalue weighted by molar-refractivity contribution is 0.670. The Morgan fingerprint density at radius 1 is 0.298 bits per heavy atom. The predicted molar refractivity (Wildman–Crippen MR) is 200 cm³/mol. The molecule has 9 aromatic carbocycles. The lowest BCUT2D eigenvalue weighted by Crippen LogP contribution is -1.93. The number of fused-ring (bicyclic) bond motifs is 8. The minimum absolute atomic E-state index is 0.907. The van der Waals surface area contributed by atoms with Gasteiger partial charge in [-0.2, -0.15) is 0 Å². The van der Waals surface area contributed by atoms with Gasteiger partial charge in [-0.25, -0.2) is 0 Å². The van der Waals surface area contributed by atoms with Crippen LogP contribution in [-0.2, 0) is 0 Å². The lowest BCUT2D eigenvalue weighted by Gasteiger charge is -2.20. The molecule has 0 atom stereocenters. The summed E-state index contributed by atoms with van der Waals surface area (Å²) in [5, 5.41) is 12.3. The Balaban J connectivity index is 1.36. The van der Waals surface area contributed by atoms with Gasteiger partial charge in [0, 0.05) is 16.3 Å². The molecule has 10 aromatic rings. The maximum Gasteiger partial charge on any atom is 0.143 e. The van der Waals surface area contributed by atoms with Crippen LogP contribution in [0.15, 0.2) is 174 Å². The number of para-hydroxylation sites is 1. The summed E-state index contributed by atoms with van der Waals surface area (Å²) in [6.07, 6.45) is 0. The van der Waals surface area contributed by atoms with E-state index in [0.717, 1.165) is 33.1 Å². The van der Waals surface area contributed by atoms with Crippen molar-refractivity contribution < 1.29 is 4.42 Å². The molecule has 1 heteroatoms. The van der Waals surface area contributed by atoms with E-state index in [9.17, 15) is 0 Å². The summed E-state index contributed by atoms with van der Waals surface area (Å²) >= 11 is 0. The van der Waals surface area contributed by atoms with Crippen LogP contribution in [-0.4, -0.2) is 0 Å². The van der Waals surface area contributed by atoms with Crippen molar-refractivity contribution in [3.8, 4) is 33.4 Å². The zero-order chi connectivity index (χ0) is 30.9. The number of hydrogen-bond acceptors (Lipinski definition) is 1. The van der Waals surface area contributed by atoms with Crippen molar-refractivity contribution in [3.05, 3.63) is 170 Å². The second kappa shape index (κ2) is 10.2. The van der Waals surface area contributed by atoms with Crippen LogP contribution in [0.2, 0.25) is 0 Å². The van der Waals surface area contributed by atoms with Crippen LogP contribution >= 0.6 is 0 Å². The summed E-state index contributed by atoms with van der Waals surface area (Å²) in [6.45, 7) is 0. The molecule has 1 nitrogen and oxygen atoms in total. The molecule has 0 aliphatic heterocycles. The molecule has 0 bridgehead atoms. The number of furan rings is 1. The van der Waals surface area contributed by atoms with Gasteiger partial charge in [-0.1, -0.05) is 146 Å². The van der Waals surface area contributed by atoms with Gasteiger partial charge < -0.3 is 4.42 Å². The maximum atomic E-state index is 6.56. The Bertz CT molecular complexity index is 2780. The van der Waals surface area contributed by atoms with Crippen molar-refractivity contribution >= 4 is 65.0 Å². The first kappa shape index (κ1) is 26.1. The van der Waals surface area contributed by atoms with Crippen molar-refractivity contribution in [2.75, 3.05) is 0 Å². The van der Waals surface area contributed by atoms with Crippen molar-refractivity contribution in [1.82, 2.24) is 0 Å². The quantitative estimate of drug-likeness (QED) is 0.146. The van der Waals surface area contributed by atoms with Crippen LogP contribution in [0.25, 0.3) is 98.4 Å². The number of hydrogen-bond donors (Lipinski definition) is 0. The first-order valence-corrected chi connectivity index (χ1v) is 16.2. The summed E-state index contributed by atoms with van der Waals surface area (Å²) in [4.78, 5) is 0. The molecule has 47 heavy (non-hydrogen) atoms. The highest BCUT2D eigenvalue weighted by atomic mass is 16.3. The summed E-state index contributed by atoms with van der Waals surface area (Å²) < 4.78 is 6.56. The third kappa shape index (κ3) is 3.90. The van der Waals surface area contributed by atoms with Gasteiger partial charge in [0.15, 0.2) is 0 Å². The zero-order valence-corrected chi connectivity index (χ0v) is 25.6. The van der Waals surface area contributed by atoms with Crippen LogP contribution in [0.1, 0.15) is 0 Å². The van der Waals surface area contributed by atoms with Crippen LogP contribution in [0.5, 0.6) is 0 Å². The molecule has 1 heterocycles. The third-order valence-electron chi connectivity index (χ3n) is 9.82. The van der Waals surface area contributed by atoms with E-state index in [4.69, 9.17) is 4.42 Å². The Morgan fingerprint density at radius 2 is 0.830 bits per heavy atom. The van der Waals surface area contributed by atoms with E-state index in [1.54, 1.807) is 0 Å². The fourth-order valence-corrected chi connectivity index (χ4v) is 7.79. The Kier molecular flexibility index (Phi) is 5.64. The molecule has 0 radical (unpaired) electrons. The molecular weight excluding hydrogens is 569 g/mol. The summed E-state index contributed by atoms with van der Waals surface area (Å²) in [6, 6.07) is 61.6. The average molecular weight is 597 g/mol. The van der Waals surface area contributed by atoms with Gasteiger partial charge >= 0.3 is 0 Å². The fraction of sp³-hybridized carbons (Fsp3) is 0. The van der Waals surface area contributed by atoms with Gasteiger partial charge in [0.2, 0.25) is 0 Å². The first-order chi connectivity index (χ1) is 23.3. The fourth-order valence-electron chi connectivity index (χ4n) is 7.79. The van der Waals surface area contributed by atoms with Gasteiger partial charge in [-0.15, -0.1) is 0 Å². The van der Waals surface area contributed by atoms with E-state index < -0.39 is 0 Å². The minimum Gasteiger partial charge on any atom is -0.455 e. The van der Waals surface area contributed by atoms with E-state index in [1.807, 2.05) is 6.07 Å². The maximum absolute atomic E-state index is 6.56. The van der Waals surface area contributed by atoms with Crippen LogP contribution < -0.4 is 0 Å². The molecule has 10 rings (SSSR count). The van der Waals surface area contributed by atoms with Crippen molar-refractivity contribution in [2.45, 2.75) is 0 Å². The highest BCUT2D eigenvalue weighted by Gasteiger charge is 2.21. The molecule has 0 aliphatic rings. The summed E-state index contributed by atoms with van der Waals surface area (Å²) in [5.41, 5.74) is 9.05. The monoisotopic (exact) mass is 596 g/mol. The van der Waals surface area contributed by atoms with Gasteiger partial charge in [-0.3, -0.25) is 0 Å². The van der Waals surface area contributed by atoms with E-state index in [-0.39, 0.29) is 0 Å². The molecule has 0 spiro atoms. The van der Waals surface area contributed by atoms with E-state index in [1.165, 1.54) is 65.3 Å². The van der Waals surface area contributed by atoms with Crippen molar-refractivity contribution in [3.63, 3.8) is 0 Å². The average Bonchev–Trinajstić information content (AvgIpc) is 3.52. The zero-order valence-electron chi connectivity index (χ0n) is 25.6. The molecule has 1 aromatic heterocycles. The Morgan fingerprint density at radius 3 is 1.53 bits per heavy atom. The number of rotatable bonds is 3. The normalized spacial score (nSPS) is 11.8. The highest BCUT2D eigenvalue weighted by molar-refractivity contribution is 6.26. The molecule has 0 amide bonds. The SMILES string of the molecule is c1ccc(-c2cc(-c3c4ccccc4c(-c4cc5ccccc5c5ccccc45)c4ccccc34)cc3c2oc2ccccc23)cc1. The summed E-state index contributed by atoms with van der Waals surface area (Å²) in [7, 11) is 0. The van der Waals surface area contributed by atoms with Gasteiger partial charge in [0.25, 0.3) is 0 Å². The molecule has 0 N–H and O–H groups in total. The molecule has 0 saturated carbocycles. The lowest BCUT2D eigenvalue weighted by atomic mass is 9.83. The van der Waals surface area contributed by atoms with E-state index in [2.05, 4.69) is 164 Å². The van der Waals surface area contributed by atoms with Gasteiger partial charge in [0.1, 0.15) is 11.2 Å². The van der Waals surface area contributed by atoms with Crippen molar-refractivity contribution in [2.24, 2.45) is 0 Å². The Labute approximate surface area is 271 Å². The van der Waals surface area contributed by atoms with Crippen LogP contribution in [0.3, 0.4) is 0 Å². The van der Waals surface area contributed by atoms with E-state index in [0.29, 0.717) is 0 Å². The largest absolute Gasteiger partial charge is 0.455 e. The predicted octanol–water partition coefficient (Wildman–Crippen LogP) is 13.2. The highest BCUT2D eigenvalue weighted by Crippen LogP contribution is 2.48. The standard InChI is InChI=1S/C46H28O/c1-2-14-29(15-3-1)40-27-31(28-42-35-20-12-13-25-43(35)47-46(40)42)44-36-21-8-10-23-38(36)45(39-24-11-9-22-37(39)44)41-26-30-16-4-5-17-32(30)33-18-6-7-19-34(33)41/h1-28H. The molecule has 0 unspecified atom stereocenters. The van der Waals surface area contributed by atoms with Gasteiger partial charge in [-0.05, 0) is 95.2 Å². The second-order valence-corrected chi connectivity index (χ2v) is 12.4. The smallest absolute Gasteiger partial charge is 0.143 e. The molecular formula is C46H28O.